The summed E-state index contributed by atoms with van der Waals surface area (Å²) >= 11 is 0. The van der Waals surface area contributed by atoms with Crippen molar-refractivity contribution in [1.29, 1.82) is 0 Å². The number of benzene rings is 3. The second-order valence-corrected chi connectivity index (χ2v) is 8.37. The van der Waals surface area contributed by atoms with Gasteiger partial charge in [0.25, 0.3) is 17.7 Å². The molecule has 0 unspecified atom stereocenters. The van der Waals surface area contributed by atoms with E-state index in [-0.39, 0.29) is 16.7 Å². The highest BCUT2D eigenvalue weighted by molar-refractivity contribution is 6.35. The third kappa shape index (κ3) is 4.20. The second-order valence-electron chi connectivity index (χ2n) is 8.37. The number of rotatable bonds is 5. The van der Waals surface area contributed by atoms with Crippen LogP contribution in [0.25, 0.3) is 0 Å². The molecule has 0 atom stereocenters. The van der Waals surface area contributed by atoms with Crippen molar-refractivity contribution < 1.29 is 23.9 Å². The van der Waals surface area contributed by atoms with Gasteiger partial charge in [-0.15, -0.1) is 0 Å². The highest BCUT2D eigenvalue weighted by atomic mass is 16.5. The van der Waals surface area contributed by atoms with Gasteiger partial charge < -0.3 is 10.1 Å². The summed E-state index contributed by atoms with van der Waals surface area (Å²) < 4.78 is 5.14. The van der Waals surface area contributed by atoms with Gasteiger partial charge in [-0.25, -0.2) is 9.69 Å². The van der Waals surface area contributed by atoms with Gasteiger partial charge in [-0.3, -0.25) is 14.4 Å². The summed E-state index contributed by atoms with van der Waals surface area (Å²) in [6, 6.07) is 15.3. The van der Waals surface area contributed by atoms with Crippen molar-refractivity contribution >= 4 is 35.1 Å². The molecule has 7 nitrogen and oxygen atoms in total. The summed E-state index contributed by atoms with van der Waals surface area (Å²) in [7, 11) is 0. The molecular formula is C27H24N2O5. The van der Waals surface area contributed by atoms with E-state index in [2.05, 4.69) is 5.32 Å². The van der Waals surface area contributed by atoms with Crippen LogP contribution in [0, 0.1) is 27.7 Å². The van der Waals surface area contributed by atoms with Crippen LogP contribution < -0.4 is 10.2 Å². The number of anilines is 2. The molecule has 3 aromatic carbocycles. The molecule has 7 heteroatoms. The normalized spacial score (nSPS) is 12.5. The van der Waals surface area contributed by atoms with Crippen LogP contribution in [-0.4, -0.2) is 30.3 Å². The standard InChI is InChI=1S/C27H24N2O5/c1-15-8-9-17(3)22(12-15)28-24(30)14-34-27(33)19-10-11-20-21(13-19)26(32)29(25(20)31)23-7-5-6-16(2)18(23)4/h5-13H,14H2,1-4H3,(H,28,30). The molecule has 0 aliphatic carbocycles. The lowest BCUT2D eigenvalue weighted by molar-refractivity contribution is -0.119. The number of nitrogens with one attached hydrogen (secondary N) is 1. The molecule has 1 aliphatic heterocycles. The van der Waals surface area contributed by atoms with E-state index in [4.69, 9.17) is 4.74 Å². The van der Waals surface area contributed by atoms with Crippen LogP contribution in [-0.2, 0) is 9.53 Å². The number of hydrogen-bond donors (Lipinski definition) is 1. The third-order valence-corrected chi connectivity index (χ3v) is 5.94. The van der Waals surface area contributed by atoms with Gasteiger partial charge >= 0.3 is 5.97 Å². The summed E-state index contributed by atoms with van der Waals surface area (Å²) in [6.45, 7) is 7.05. The van der Waals surface area contributed by atoms with Crippen LogP contribution >= 0.6 is 0 Å². The lowest BCUT2D eigenvalue weighted by atomic mass is 10.1. The maximum Gasteiger partial charge on any atom is 0.338 e. The predicted octanol–water partition coefficient (Wildman–Crippen LogP) is 4.52. The van der Waals surface area contributed by atoms with Crippen molar-refractivity contribution in [2.75, 3.05) is 16.8 Å². The van der Waals surface area contributed by atoms with Crippen LogP contribution in [0.2, 0.25) is 0 Å². The van der Waals surface area contributed by atoms with Gasteiger partial charge in [0, 0.05) is 5.69 Å². The zero-order valence-corrected chi connectivity index (χ0v) is 19.4. The number of carbonyl (C=O) groups is 4. The molecule has 0 saturated heterocycles. The molecule has 0 aromatic heterocycles. The first-order chi connectivity index (χ1) is 16.2. The van der Waals surface area contributed by atoms with Crippen molar-refractivity contribution in [3.8, 4) is 0 Å². The lowest BCUT2D eigenvalue weighted by Gasteiger charge is -2.17. The van der Waals surface area contributed by atoms with Gasteiger partial charge in [-0.1, -0.05) is 24.3 Å². The minimum Gasteiger partial charge on any atom is -0.452 e. The molecule has 172 valence electrons. The molecule has 1 aliphatic rings. The van der Waals surface area contributed by atoms with Gasteiger partial charge in [0.15, 0.2) is 6.61 Å². The number of nitrogens with zero attached hydrogens (tertiary/aromatic N) is 1. The number of fused-ring (bicyclic) bond motifs is 1. The SMILES string of the molecule is Cc1ccc(C)c(NC(=O)COC(=O)c2ccc3c(c2)C(=O)N(c2cccc(C)c2C)C3=O)c1. The number of carbonyl (C=O) groups excluding carboxylic acids is 4. The molecule has 3 aromatic rings. The average molecular weight is 456 g/mol. The third-order valence-electron chi connectivity index (χ3n) is 5.94. The fourth-order valence-corrected chi connectivity index (χ4v) is 3.84. The zero-order valence-electron chi connectivity index (χ0n) is 19.4. The number of ether oxygens (including phenoxy) is 1. The fraction of sp³-hybridized carbons (Fsp3) is 0.185. The molecule has 0 spiro atoms. The Labute approximate surface area is 197 Å². The number of aryl methyl sites for hydroxylation is 3. The summed E-state index contributed by atoms with van der Waals surface area (Å²) in [5.74, 6) is -2.18. The van der Waals surface area contributed by atoms with E-state index in [9.17, 15) is 19.2 Å². The first-order valence-electron chi connectivity index (χ1n) is 10.8. The minimum absolute atomic E-state index is 0.0854. The quantitative estimate of drug-likeness (QED) is 0.450. The lowest BCUT2D eigenvalue weighted by Crippen LogP contribution is -2.30. The van der Waals surface area contributed by atoms with Crippen molar-refractivity contribution in [3.05, 3.63) is 93.5 Å². The van der Waals surface area contributed by atoms with Crippen LogP contribution in [0.15, 0.2) is 54.6 Å². The first-order valence-corrected chi connectivity index (χ1v) is 10.8. The first kappa shape index (κ1) is 22.9. The Bertz CT molecular complexity index is 1360. The van der Waals surface area contributed by atoms with Gasteiger partial charge in [0.05, 0.1) is 22.4 Å². The van der Waals surface area contributed by atoms with E-state index < -0.39 is 30.3 Å². The molecule has 0 fully saturated rings. The Hall–Kier alpha value is -4.26. The molecule has 3 amide bonds. The molecule has 34 heavy (non-hydrogen) atoms. The Kier molecular flexibility index (Phi) is 6.03. The van der Waals surface area contributed by atoms with Crippen molar-refractivity contribution in [2.45, 2.75) is 27.7 Å². The van der Waals surface area contributed by atoms with Crippen LogP contribution in [0.3, 0.4) is 0 Å². The van der Waals surface area contributed by atoms with Gasteiger partial charge in [0.1, 0.15) is 0 Å². The summed E-state index contributed by atoms with van der Waals surface area (Å²) in [5.41, 5.74) is 5.25. The molecule has 4 rings (SSSR count). The smallest absolute Gasteiger partial charge is 0.338 e. The Morgan fingerprint density at radius 1 is 0.853 bits per heavy atom. The maximum atomic E-state index is 13.1. The van der Waals surface area contributed by atoms with E-state index in [1.165, 1.54) is 18.2 Å². The van der Waals surface area contributed by atoms with Gasteiger partial charge in [-0.05, 0) is 80.3 Å². The Balaban J connectivity index is 1.48. The second kappa shape index (κ2) is 8.94. The predicted molar refractivity (Wildman–Crippen MR) is 128 cm³/mol. The van der Waals surface area contributed by atoms with E-state index in [0.717, 1.165) is 27.2 Å². The highest BCUT2D eigenvalue weighted by Crippen LogP contribution is 2.32. The molecule has 0 bridgehead atoms. The summed E-state index contributed by atoms with van der Waals surface area (Å²) in [5, 5.41) is 2.72. The van der Waals surface area contributed by atoms with E-state index in [1.807, 2.05) is 52.0 Å². The number of hydrogen-bond acceptors (Lipinski definition) is 5. The van der Waals surface area contributed by atoms with Crippen LogP contribution in [0.1, 0.15) is 53.3 Å². The molecule has 0 radical (unpaired) electrons. The topological polar surface area (TPSA) is 92.8 Å². The summed E-state index contributed by atoms with van der Waals surface area (Å²) in [6.07, 6.45) is 0. The summed E-state index contributed by atoms with van der Waals surface area (Å²) in [4.78, 5) is 51.9. The zero-order chi connectivity index (χ0) is 24.6. The van der Waals surface area contributed by atoms with Crippen molar-refractivity contribution in [2.24, 2.45) is 0 Å². The van der Waals surface area contributed by atoms with E-state index in [1.54, 1.807) is 12.1 Å². The average Bonchev–Trinajstić information content (AvgIpc) is 3.06. The largest absolute Gasteiger partial charge is 0.452 e. The van der Waals surface area contributed by atoms with Gasteiger partial charge in [0.2, 0.25) is 0 Å². The fourth-order valence-electron chi connectivity index (χ4n) is 3.84. The molecular weight excluding hydrogens is 432 g/mol. The molecule has 1 N–H and O–H groups in total. The number of esters is 1. The van der Waals surface area contributed by atoms with Crippen molar-refractivity contribution in [1.82, 2.24) is 0 Å². The molecule has 0 saturated carbocycles. The Morgan fingerprint density at radius 2 is 1.59 bits per heavy atom. The van der Waals surface area contributed by atoms with Crippen molar-refractivity contribution in [3.63, 3.8) is 0 Å². The minimum atomic E-state index is -0.760. The monoisotopic (exact) mass is 456 g/mol. The van der Waals surface area contributed by atoms with Gasteiger partial charge in [-0.2, -0.15) is 0 Å². The highest BCUT2D eigenvalue weighted by Gasteiger charge is 2.38. The van der Waals surface area contributed by atoms with E-state index >= 15 is 0 Å². The van der Waals surface area contributed by atoms with E-state index in [0.29, 0.717) is 11.4 Å². The number of amides is 3. The maximum absolute atomic E-state index is 13.1. The number of imide groups is 1. The Morgan fingerprint density at radius 3 is 2.35 bits per heavy atom. The van der Waals surface area contributed by atoms with Crippen LogP contribution in [0.5, 0.6) is 0 Å². The van der Waals surface area contributed by atoms with Crippen LogP contribution in [0.4, 0.5) is 11.4 Å². The molecule has 1 heterocycles.